The van der Waals surface area contributed by atoms with Gasteiger partial charge in [-0.25, -0.2) is 4.98 Å². The first-order valence-corrected chi connectivity index (χ1v) is 7.30. The van der Waals surface area contributed by atoms with Gasteiger partial charge < -0.3 is 5.11 Å². The standard InChI is InChI=1S/C14H15N3OS/c1-8-7-15-13-14(18)16-9(2)11-6-10(19-3)4-5-12(11)17(8)13/h4-7,14,18H,1-3H3. The highest BCUT2D eigenvalue weighted by atomic mass is 32.2. The van der Waals surface area contributed by atoms with Crippen LogP contribution in [0.4, 0.5) is 0 Å². The van der Waals surface area contributed by atoms with Crippen molar-refractivity contribution in [2.75, 3.05) is 6.26 Å². The van der Waals surface area contributed by atoms with Crippen LogP contribution >= 0.6 is 11.8 Å². The second-order valence-electron chi connectivity index (χ2n) is 4.56. The van der Waals surface area contributed by atoms with Crippen molar-refractivity contribution in [1.82, 2.24) is 9.55 Å². The molecule has 2 heterocycles. The van der Waals surface area contributed by atoms with Crippen LogP contribution in [0.5, 0.6) is 0 Å². The number of aryl methyl sites for hydroxylation is 1. The topological polar surface area (TPSA) is 50.4 Å². The van der Waals surface area contributed by atoms with Gasteiger partial charge in [-0.15, -0.1) is 11.8 Å². The van der Waals surface area contributed by atoms with E-state index in [-0.39, 0.29) is 0 Å². The van der Waals surface area contributed by atoms with Crippen LogP contribution in [-0.2, 0) is 0 Å². The van der Waals surface area contributed by atoms with Crippen LogP contribution in [-0.4, -0.2) is 26.6 Å². The van der Waals surface area contributed by atoms with E-state index >= 15 is 0 Å². The van der Waals surface area contributed by atoms with E-state index < -0.39 is 6.23 Å². The molecule has 19 heavy (non-hydrogen) atoms. The van der Waals surface area contributed by atoms with Crippen molar-refractivity contribution in [3.63, 3.8) is 0 Å². The zero-order valence-corrected chi connectivity index (χ0v) is 11.9. The number of imidazole rings is 1. The quantitative estimate of drug-likeness (QED) is 0.813. The van der Waals surface area contributed by atoms with Gasteiger partial charge in [-0.3, -0.25) is 9.56 Å². The summed E-state index contributed by atoms with van der Waals surface area (Å²) in [6, 6.07) is 6.26. The Labute approximate surface area is 116 Å². The van der Waals surface area contributed by atoms with Gasteiger partial charge in [0.15, 0.2) is 5.82 Å². The van der Waals surface area contributed by atoms with E-state index in [4.69, 9.17) is 0 Å². The molecule has 0 radical (unpaired) electrons. The van der Waals surface area contributed by atoms with E-state index in [1.165, 1.54) is 4.90 Å². The Hall–Kier alpha value is -1.59. The Balaban J connectivity index is 2.34. The minimum absolute atomic E-state index is 0.576. The fraction of sp³-hybridized carbons (Fsp3) is 0.286. The predicted molar refractivity (Wildman–Crippen MR) is 77.3 cm³/mol. The summed E-state index contributed by atoms with van der Waals surface area (Å²) in [6.07, 6.45) is 2.91. The molecule has 1 unspecified atom stereocenters. The Kier molecular flexibility index (Phi) is 2.95. The second kappa shape index (κ2) is 4.51. The molecule has 1 aromatic heterocycles. The van der Waals surface area contributed by atoms with Crippen LogP contribution in [0.1, 0.15) is 30.2 Å². The zero-order valence-electron chi connectivity index (χ0n) is 11.1. The fourth-order valence-corrected chi connectivity index (χ4v) is 2.83. The van der Waals surface area contributed by atoms with Gasteiger partial charge in [0.25, 0.3) is 0 Å². The molecule has 3 rings (SSSR count). The van der Waals surface area contributed by atoms with Crippen LogP contribution in [0.3, 0.4) is 0 Å². The van der Waals surface area contributed by atoms with Gasteiger partial charge >= 0.3 is 0 Å². The molecule has 1 aliphatic heterocycles. The molecule has 1 aliphatic rings. The van der Waals surface area contributed by atoms with Crippen molar-refractivity contribution in [1.29, 1.82) is 0 Å². The van der Waals surface area contributed by atoms with Gasteiger partial charge in [-0.05, 0) is 38.3 Å². The number of benzene rings is 1. The molecule has 0 saturated carbocycles. The Morgan fingerprint density at radius 2 is 2.11 bits per heavy atom. The molecule has 0 bridgehead atoms. The molecule has 0 saturated heterocycles. The number of aromatic nitrogens is 2. The van der Waals surface area contributed by atoms with E-state index in [9.17, 15) is 5.11 Å². The summed E-state index contributed by atoms with van der Waals surface area (Å²) in [5, 5.41) is 10.1. The number of fused-ring (bicyclic) bond motifs is 3. The molecule has 0 spiro atoms. The van der Waals surface area contributed by atoms with Gasteiger partial charge in [0, 0.05) is 28.1 Å². The van der Waals surface area contributed by atoms with Gasteiger partial charge in [0.05, 0.1) is 5.69 Å². The molecule has 1 aromatic carbocycles. The minimum atomic E-state index is -0.904. The van der Waals surface area contributed by atoms with Crippen molar-refractivity contribution < 1.29 is 5.11 Å². The summed E-state index contributed by atoms with van der Waals surface area (Å²) < 4.78 is 1.98. The summed E-state index contributed by atoms with van der Waals surface area (Å²) >= 11 is 1.70. The largest absolute Gasteiger partial charge is 0.365 e. The summed E-state index contributed by atoms with van der Waals surface area (Å²) in [5.41, 5.74) is 3.91. The molecule has 98 valence electrons. The molecule has 2 aromatic rings. The Morgan fingerprint density at radius 3 is 2.84 bits per heavy atom. The number of aliphatic imine (C=N–C) groups is 1. The summed E-state index contributed by atoms with van der Waals surface area (Å²) in [7, 11) is 0. The van der Waals surface area contributed by atoms with Crippen LogP contribution < -0.4 is 0 Å². The van der Waals surface area contributed by atoms with Crippen LogP contribution in [0, 0.1) is 6.92 Å². The summed E-state index contributed by atoms with van der Waals surface area (Å²) in [6.45, 7) is 3.91. The number of hydrogen-bond acceptors (Lipinski definition) is 4. The second-order valence-corrected chi connectivity index (χ2v) is 5.44. The lowest BCUT2D eigenvalue weighted by Gasteiger charge is -2.12. The molecule has 4 nitrogen and oxygen atoms in total. The molecule has 0 fully saturated rings. The average molecular weight is 273 g/mol. The molecule has 0 aliphatic carbocycles. The number of aliphatic hydroxyl groups is 1. The number of thioether (sulfide) groups is 1. The number of aliphatic hydroxyl groups excluding tert-OH is 1. The predicted octanol–water partition coefficient (Wildman–Crippen LogP) is 2.72. The first kappa shape index (κ1) is 12.4. The van der Waals surface area contributed by atoms with E-state index in [0.29, 0.717) is 5.82 Å². The highest BCUT2D eigenvalue weighted by molar-refractivity contribution is 7.98. The Bertz CT molecular complexity index is 675. The van der Waals surface area contributed by atoms with Crippen LogP contribution in [0.25, 0.3) is 5.69 Å². The number of rotatable bonds is 1. The highest BCUT2D eigenvalue weighted by Crippen LogP contribution is 2.30. The van der Waals surface area contributed by atoms with Crippen molar-refractivity contribution >= 4 is 17.5 Å². The van der Waals surface area contributed by atoms with E-state index in [2.05, 4.69) is 28.2 Å². The maximum Gasteiger partial charge on any atom is 0.204 e. The van der Waals surface area contributed by atoms with Gasteiger partial charge in [0.2, 0.25) is 6.23 Å². The first-order chi connectivity index (χ1) is 9.11. The van der Waals surface area contributed by atoms with E-state index in [1.807, 2.05) is 24.7 Å². The molecule has 1 atom stereocenters. The summed E-state index contributed by atoms with van der Waals surface area (Å²) in [4.78, 5) is 9.79. The third-order valence-electron chi connectivity index (χ3n) is 3.35. The van der Waals surface area contributed by atoms with Crippen molar-refractivity contribution in [3.8, 4) is 5.69 Å². The van der Waals surface area contributed by atoms with Gasteiger partial charge in [0.1, 0.15) is 0 Å². The fourth-order valence-electron chi connectivity index (χ4n) is 2.39. The maximum atomic E-state index is 10.1. The van der Waals surface area contributed by atoms with Crippen molar-refractivity contribution in [2.45, 2.75) is 25.0 Å². The lowest BCUT2D eigenvalue weighted by molar-refractivity contribution is 0.177. The third-order valence-corrected chi connectivity index (χ3v) is 4.07. The molecular formula is C14H15N3OS. The van der Waals surface area contributed by atoms with Gasteiger partial charge in [-0.2, -0.15) is 0 Å². The molecule has 0 amide bonds. The van der Waals surface area contributed by atoms with Crippen LogP contribution in [0.15, 0.2) is 34.3 Å². The zero-order chi connectivity index (χ0) is 13.6. The molecule has 1 N–H and O–H groups in total. The number of hydrogen-bond donors (Lipinski definition) is 1. The van der Waals surface area contributed by atoms with E-state index in [1.54, 1.807) is 18.0 Å². The monoisotopic (exact) mass is 273 g/mol. The van der Waals surface area contributed by atoms with E-state index in [0.717, 1.165) is 22.7 Å². The molecular weight excluding hydrogens is 258 g/mol. The molecule has 5 heteroatoms. The number of nitrogens with zero attached hydrogens (tertiary/aromatic N) is 3. The highest BCUT2D eigenvalue weighted by Gasteiger charge is 2.23. The first-order valence-electron chi connectivity index (χ1n) is 6.07. The lowest BCUT2D eigenvalue weighted by Crippen LogP contribution is -2.06. The van der Waals surface area contributed by atoms with Gasteiger partial charge in [-0.1, -0.05) is 0 Å². The third kappa shape index (κ3) is 1.89. The normalized spacial score (nSPS) is 17.5. The SMILES string of the molecule is CSc1ccc2c(c1)C(C)=NC(O)c1ncc(C)n1-2. The minimum Gasteiger partial charge on any atom is -0.365 e. The van der Waals surface area contributed by atoms with Crippen LogP contribution in [0.2, 0.25) is 0 Å². The average Bonchev–Trinajstić information content (AvgIpc) is 2.75. The Morgan fingerprint density at radius 1 is 1.32 bits per heavy atom. The summed E-state index contributed by atoms with van der Waals surface area (Å²) in [5.74, 6) is 0.576. The maximum absolute atomic E-state index is 10.1. The lowest BCUT2D eigenvalue weighted by atomic mass is 10.1. The van der Waals surface area contributed by atoms with Crippen molar-refractivity contribution in [3.05, 3.63) is 41.5 Å². The van der Waals surface area contributed by atoms with Crippen molar-refractivity contribution in [2.24, 2.45) is 4.99 Å². The smallest absolute Gasteiger partial charge is 0.204 e.